The van der Waals surface area contributed by atoms with Crippen LogP contribution in [0.4, 0.5) is 5.69 Å². The summed E-state index contributed by atoms with van der Waals surface area (Å²) in [5.74, 6) is 0.140. The van der Waals surface area contributed by atoms with Gasteiger partial charge < -0.3 is 9.80 Å². The Labute approximate surface area is 163 Å². The van der Waals surface area contributed by atoms with Gasteiger partial charge in [-0.05, 0) is 29.8 Å². The summed E-state index contributed by atoms with van der Waals surface area (Å²) in [6.45, 7) is 2.99. The molecular weight excluding hydrogens is 360 g/mol. The smallest absolute Gasteiger partial charge is 0.227 e. The molecule has 1 aliphatic rings. The maximum absolute atomic E-state index is 12.7. The molecule has 0 N–H and O–H groups in total. The molecule has 0 unspecified atom stereocenters. The van der Waals surface area contributed by atoms with E-state index in [1.54, 1.807) is 10.9 Å². The molecule has 0 atom stereocenters. The number of nitrogens with zero attached hydrogens (tertiary/aromatic N) is 4. The summed E-state index contributed by atoms with van der Waals surface area (Å²) < 4.78 is 1.80. The first kappa shape index (κ1) is 17.6. The molecule has 6 heteroatoms. The molecule has 1 fully saturated rings. The summed E-state index contributed by atoms with van der Waals surface area (Å²) in [5, 5.41) is 5.12. The number of para-hydroxylation sites is 2. The Morgan fingerprint density at radius 2 is 1.67 bits per heavy atom. The summed E-state index contributed by atoms with van der Waals surface area (Å²) in [4.78, 5) is 16.8. The zero-order valence-corrected chi connectivity index (χ0v) is 15.7. The van der Waals surface area contributed by atoms with E-state index in [4.69, 9.17) is 11.6 Å². The lowest BCUT2D eigenvalue weighted by Crippen LogP contribution is -2.49. The van der Waals surface area contributed by atoms with Crippen LogP contribution in [0.3, 0.4) is 0 Å². The summed E-state index contributed by atoms with van der Waals surface area (Å²) in [6, 6.07) is 17.8. The van der Waals surface area contributed by atoms with E-state index in [9.17, 15) is 4.79 Å². The van der Waals surface area contributed by atoms with Gasteiger partial charge in [0.2, 0.25) is 5.91 Å². The molecule has 2 heterocycles. The summed E-state index contributed by atoms with van der Waals surface area (Å²) in [5.41, 5.74) is 2.96. The molecule has 1 amide bonds. The van der Waals surface area contributed by atoms with Gasteiger partial charge in [0, 0.05) is 32.4 Å². The van der Waals surface area contributed by atoms with Gasteiger partial charge in [0.15, 0.2) is 0 Å². The molecule has 1 aromatic heterocycles. The molecule has 27 heavy (non-hydrogen) atoms. The largest absolute Gasteiger partial charge is 0.367 e. The fourth-order valence-electron chi connectivity index (χ4n) is 3.36. The first-order valence-corrected chi connectivity index (χ1v) is 9.45. The van der Waals surface area contributed by atoms with E-state index < -0.39 is 0 Å². The number of hydrogen-bond acceptors (Lipinski definition) is 3. The highest BCUT2D eigenvalue weighted by molar-refractivity contribution is 6.33. The minimum atomic E-state index is 0.140. The van der Waals surface area contributed by atoms with Crippen LogP contribution in [0.1, 0.15) is 5.56 Å². The zero-order chi connectivity index (χ0) is 18.6. The molecule has 138 valence electrons. The second-order valence-corrected chi connectivity index (χ2v) is 7.03. The quantitative estimate of drug-likeness (QED) is 0.696. The molecule has 1 aliphatic heterocycles. The van der Waals surface area contributed by atoms with E-state index in [1.807, 2.05) is 65.7 Å². The minimum absolute atomic E-state index is 0.140. The number of amides is 1. The summed E-state index contributed by atoms with van der Waals surface area (Å²) >= 11 is 6.29. The minimum Gasteiger partial charge on any atom is -0.367 e. The molecule has 0 aliphatic carbocycles. The van der Waals surface area contributed by atoms with Gasteiger partial charge in [-0.25, -0.2) is 4.68 Å². The van der Waals surface area contributed by atoms with Crippen LogP contribution in [0, 0.1) is 0 Å². The Balaban J connectivity index is 1.35. The highest BCUT2D eigenvalue weighted by Crippen LogP contribution is 2.26. The van der Waals surface area contributed by atoms with E-state index in [-0.39, 0.29) is 5.91 Å². The van der Waals surface area contributed by atoms with E-state index in [0.717, 1.165) is 35.1 Å². The van der Waals surface area contributed by atoms with Gasteiger partial charge in [0.1, 0.15) is 0 Å². The molecule has 2 aromatic carbocycles. The second-order valence-electron chi connectivity index (χ2n) is 6.62. The number of carbonyl (C=O) groups is 1. The van der Waals surface area contributed by atoms with E-state index >= 15 is 0 Å². The van der Waals surface area contributed by atoms with Crippen LogP contribution in [0.25, 0.3) is 5.69 Å². The lowest BCUT2D eigenvalue weighted by atomic mass is 10.2. The molecule has 4 rings (SSSR count). The van der Waals surface area contributed by atoms with Crippen molar-refractivity contribution in [2.45, 2.75) is 6.42 Å². The number of carbonyl (C=O) groups excluding carboxylic acids is 1. The predicted molar refractivity (Wildman–Crippen MR) is 108 cm³/mol. The number of hydrogen-bond donors (Lipinski definition) is 0. The van der Waals surface area contributed by atoms with Crippen LogP contribution in [0.2, 0.25) is 5.02 Å². The van der Waals surface area contributed by atoms with Crippen molar-refractivity contribution in [2.75, 3.05) is 31.1 Å². The van der Waals surface area contributed by atoms with Crippen molar-refractivity contribution in [2.24, 2.45) is 0 Å². The Kier molecular flexibility index (Phi) is 5.12. The van der Waals surface area contributed by atoms with Crippen molar-refractivity contribution < 1.29 is 4.79 Å². The number of rotatable bonds is 4. The van der Waals surface area contributed by atoms with Crippen molar-refractivity contribution in [3.63, 3.8) is 0 Å². The molecular formula is C21H21ClN4O. The number of benzene rings is 2. The van der Waals surface area contributed by atoms with E-state index in [1.165, 1.54) is 0 Å². The Hall–Kier alpha value is -2.79. The van der Waals surface area contributed by atoms with Gasteiger partial charge in [0.25, 0.3) is 0 Å². The number of anilines is 1. The molecule has 0 saturated carbocycles. The van der Waals surface area contributed by atoms with Crippen molar-refractivity contribution in [3.8, 4) is 5.69 Å². The third-order valence-electron chi connectivity index (χ3n) is 4.84. The van der Waals surface area contributed by atoms with E-state index in [2.05, 4.69) is 10.00 Å². The Morgan fingerprint density at radius 1 is 0.963 bits per heavy atom. The average Bonchev–Trinajstić information content (AvgIpc) is 3.18. The number of piperazine rings is 1. The summed E-state index contributed by atoms with van der Waals surface area (Å²) in [7, 11) is 0. The zero-order valence-electron chi connectivity index (χ0n) is 15.0. The Bertz CT molecular complexity index is 917. The van der Waals surface area contributed by atoms with Crippen LogP contribution >= 0.6 is 11.6 Å². The first-order valence-electron chi connectivity index (χ1n) is 9.07. The van der Waals surface area contributed by atoms with Gasteiger partial charge in [-0.2, -0.15) is 5.10 Å². The van der Waals surface area contributed by atoms with Gasteiger partial charge in [-0.15, -0.1) is 0 Å². The second kappa shape index (κ2) is 7.84. The van der Waals surface area contributed by atoms with Crippen LogP contribution in [-0.4, -0.2) is 46.8 Å². The molecule has 0 radical (unpaired) electrons. The van der Waals surface area contributed by atoms with Crippen LogP contribution < -0.4 is 4.90 Å². The highest BCUT2D eigenvalue weighted by Gasteiger charge is 2.22. The lowest BCUT2D eigenvalue weighted by molar-refractivity contribution is -0.130. The SMILES string of the molecule is O=C(Cc1cnn(-c2ccccc2)c1)N1CCN(c2ccccc2Cl)CC1. The first-order chi connectivity index (χ1) is 13.2. The molecule has 0 spiro atoms. The van der Waals surface area contributed by atoms with Gasteiger partial charge in [-0.3, -0.25) is 4.79 Å². The maximum atomic E-state index is 12.7. The average molecular weight is 381 g/mol. The number of halogens is 1. The normalized spacial score (nSPS) is 14.4. The van der Waals surface area contributed by atoms with Crippen LogP contribution in [-0.2, 0) is 11.2 Å². The van der Waals surface area contributed by atoms with Crippen LogP contribution in [0.5, 0.6) is 0 Å². The molecule has 1 saturated heterocycles. The van der Waals surface area contributed by atoms with Crippen molar-refractivity contribution in [3.05, 3.63) is 77.6 Å². The topological polar surface area (TPSA) is 41.4 Å². The molecule has 5 nitrogen and oxygen atoms in total. The van der Waals surface area contributed by atoms with E-state index in [0.29, 0.717) is 19.5 Å². The van der Waals surface area contributed by atoms with Crippen molar-refractivity contribution in [1.82, 2.24) is 14.7 Å². The van der Waals surface area contributed by atoms with Gasteiger partial charge >= 0.3 is 0 Å². The Morgan fingerprint density at radius 3 is 2.41 bits per heavy atom. The highest BCUT2D eigenvalue weighted by atomic mass is 35.5. The van der Waals surface area contributed by atoms with Gasteiger partial charge in [-0.1, -0.05) is 41.9 Å². The fourth-order valence-corrected chi connectivity index (χ4v) is 3.62. The molecule has 0 bridgehead atoms. The standard InChI is InChI=1S/C21H21ClN4O/c22-19-8-4-5-9-20(19)24-10-12-25(13-11-24)21(27)14-17-15-23-26(16-17)18-6-2-1-3-7-18/h1-9,15-16H,10-14H2. The van der Waals surface area contributed by atoms with Gasteiger partial charge in [0.05, 0.1) is 29.0 Å². The van der Waals surface area contributed by atoms with Crippen molar-refractivity contribution in [1.29, 1.82) is 0 Å². The van der Waals surface area contributed by atoms with Crippen LogP contribution in [0.15, 0.2) is 67.0 Å². The monoisotopic (exact) mass is 380 g/mol. The van der Waals surface area contributed by atoms with Crippen molar-refractivity contribution >= 4 is 23.2 Å². The predicted octanol–water partition coefficient (Wildman–Crippen LogP) is 3.42. The molecule has 3 aromatic rings. The third kappa shape index (κ3) is 3.98. The lowest BCUT2D eigenvalue weighted by Gasteiger charge is -2.36. The third-order valence-corrected chi connectivity index (χ3v) is 5.16. The fraction of sp³-hybridized carbons (Fsp3) is 0.238. The number of aromatic nitrogens is 2. The maximum Gasteiger partial charge on any atom is 0.227 e. The summed E-state index contributed by atoms with van der Waals surface area (Å²) in [6.07, 6.45) is 4.07.